The van der Waals surface area contributed by atoms with E-state index in [9.17, 15) is 18.4 Å². The third-order valence-electron chi connectivity index (χ3n) is 5.37. The van der Waals surface area contributed by atoms with Crippen LogP contribution < -0.4 is 16.0 Å². The number of amides is 2. The van der Waals surface area contributed by atoms with Crippen molar-refractivity contribution in [3.05, 3.63) is 65.7 Å². The summed E-state index contributed by atoms with van der Waals surface area (Å²) < 4.78 is 27.8. The molecule has 0 radical (unpaired) electrons. The van der Waals surface area contributed by atoms with Crippen LogP contribution in [0.15, 0.2) is 54.6 Å². The third kappa shape index (κ3) is 4.63. The molecule has 0 aliphatic carbocycles. The van der Waals surface area contributed by atoms with Gasteiger partial charge in [-0.1, -0.05) is 24.3 Å². The molecule has 1 fully saturated rings. The smallest absolute Gasteiger partial charge is 0.259 e. The van der Waals surface area contributed by atoms with E-state index in [1.54, 1.807) is 29.2 Å². The van der Waals surface area contributed by atoms with Crippen molar-refractivity contribution in [3.63, 3.8) is 0 Å². The Labute approximate surface area is 178 Å². The number of anilines is 2. The normalized spacial score (nSPS) is 16.0. The van der Waals surface area contributed by atoms with Gasteiger partial charge in [0.25, 0.3) is 5.91 Å². The fourth-order valence-electron chi connectivity index (χ4n) is 3.74. The first-order chi connectivity index (χ1) is 14.8. The van der Waals surface area contributed by atoms with Gasteiger partial charge in [0.2, 0.25) is 11.8 Å². The van der Waals surface area contributed by atoms with Crippen molar-refractivity contribution >= 4 is 34.2 Å². The Balaban J connectivity index is 1.71. The van der Waals surface area contributed by atoms with Crippen molar-refractivity contribution in [3.8, 4) is 0 Å². The topological polar surface area (TPSA) is 88.3 Å². The summed E-state index contributed by atoms with van der Waals surface area (Å²) in [4.78, 5) is 31.0. The molecule has 0 unspecified atom stereocenters. The first kappa shape index (κ1) is 20.7. The Bertz CT molecular complexity index is 1150. The highest BCUT2D eigenvalue weighted by atomic mass is 19.3. The van der Waals surface area contributed by atoms with Gasteiger partial charge < -0.3 is 16.0 Å². The molecule has 31 heavy (non-hydrogen) atoms. The number of carbonyl (C=O) groups is 2. The lowest BCUT2D eigenvalue weighted by atomic mass is 10.1. The molecule has 2 heterocycles. The van der Waals surface area contributed by atoms with Crippen LogP contribution in [0, 0.1) is 0 Å². The molecule has 1 aliphatic heterocycles. The van der Waals surface area contributed by atoms with E-state index in [0.717, 1.165) is 5.39 Å². The van der Waals surface area contributed by atoms with Gasteiger partial charge in [-0.2, -0.15) is 0 Å². The number of nitrogens with two attached hydrogens (primary N) is 1. The number of alkyl halides is 2. The second-order valence-corrected chi connectivity index (χ2v) is 7.65. The second-order valence-electron chi connectivity index (χ2n) is 7.65. The number of hydrogen-bond donors (Lipinski definition) is 2. The summed E-state index contributed by atoms with van der Waals surface area (Å²) in [5, 5.41) is 3.53. The average Bonchev–Trinajstić information content (AvgIpc) is 2.93. The fraction of sp³-hybridized carbons (Fsp3) is 0.261. The van der Waals surface area contributed by atoms with Gasteiger partial charge in [-0.3, -0.25) is 9.59 Å². The van der Waals surface area contributed by atoms with Gasteiger partial charge in [-0.25, -0.2) is 13.8 Å². The Kier molecular flexibility index (Phi) is 5.54. The molecule has 8 heteroatoms. The van der Waals surface area contributed by atoms with Crippen molar-refractivity contribution < 1.29 is 18.4 Å². The van der Waals surface area contributed by atoms with Gasteiger partial charge in [-0.05, 0) is 36.8 Å². The third-order valence-corrected chi connectivity index (χ3v) is 5.37. The summed E-state index contributed by atoms with van der Waals surface area (Å²) in [5.41, 5.74) is 6.96. The highest BCUT2D eigenvalue weighted by Gasteiger charge is 2.33. The van der Waals surface area contributed by atoms with Crippen LogP contribution in [0.4, 0.5) is 20.3 Å². The number of hydrogen-bond acceptors (Lipinski definition) is 4. The minimum atomic E-state index is -2.72. The van der Waals surface area contributed by atoms with Crippen LogP contribution in [0.3, 0.4) is 0 Å². The molecule has 0 spiro atoms. The average molecular weight is 424 g/mol. The van der Waals surface area contributed by atoms with Crippen LogP contribution in [0.5, 0.6) is 0 Å². The maximum absolute atomic E-state index is 13.9. The lowest BCUT2D eigenvalue weighted by Crippen LogP contribution is -2.29. The molecule has 1 aromatic heterocycles. The van der Waals surface area contributed by atoms with E-state index in [0.29, 0.717) is 30.0 Å². The Morgan fingerprint density at radius 2 is 1.84 bits per heavy atom. The molecule has 1 aliphatic rings. The predicted molar refractivity (Wildman–Crippen MR) is 116 cm³/mol. The van der Waals surface area contributed by atoms with Crippen LogP contribution in [0.25, 0.3) is 10.9 Å². The van der Waals surface area contributed by atoms with E-state index in [-0.39, 0.29) is 30.5 Å². The summed E-state index contributed by atoms with van der Waals surface area (Å²) in [6.45, 7) is 0.494. The largest absolute Gasteiger partial charge is 0.366 e. The number of nitrogens with one attached hydrogen (secondary N) is 1. The van der Waals surface area contributed by atoms with E-state index in [4.69, 9.17) is 5.73 Å². The Morgan fingerprint density at radius 3 is 2.65 bits per heavy atom. The zero-order chi connectivity index (χ0) is 22.0. The maximum Gasteiger partial charge on any atom is 0.259 e. The summed E-state index contributed by atoms with van der Waals surface area (Å²) in [7, 11) is 0. The molecule has 4 rings (SSSR count). The van der Waals surface area contributed by atoms with E-state index < -0.39 is 17.7 Å². The zero-order valence-corrected chi connectivity index (χ0v) is 16.8. The van der Waals surface area contributed by atoms with Crippen molar-refractivity contribution in [1.29, 1.82) is 0 Å². The molecule has 6 nitrogen and oxygen atoms in total. The number of rotatable bonds is 4. The molecule has 3 aromatic rings. The van der Waals surface area contributed by atoms with Gasteiger partial charge in [0.1, 0.15) is 5.82 Å². The molecule has 1 saturated heterocycles. The quantitative estimate of drug-likeness (QED) is 0.657. The number of halogens is 2. The number of carbonyl (C=O) groups excluding carboxylic acids is 2. The summed E-state index contributed by atoms with van der Waals surface area (Å²) in [5.74, 6) is -3.39. The lowest BCUT2D eigenvalue weighted by molar-refractivity contribution is -0.0102. The molecular formula is C23H22F2N4O2. The van der Waals surface area contributed by atoms with Gasteiger partial charge >= 0.3 is 0 Å². The number of primary amides is 1. The molecule has 160 valence electrons. The predicted octanol–water partition coefficient (Wildman–Crippen LogP) is 4.21. The fourth-order valence-corrected chi connectivity index (χ4v) is 3.74. The molecular weight excluding hydrogens is 402 g/mol. The highest BCUT2D eigenvalue weighted by molar-refractivity contribution is 6.10. The SMILES string of the molecule is NC(=O)c1cccc(NC(=O)c2cc3ccccc3nc2N2CCCC(F)(F)CC2)c1. The Morgan fingerprint density at radius 1 is 1.03 bits per heavy atom. The van der Waals surface area contributed by atoms with Crippen LogP contribution in [0.1, 0.15) is 40.0 Å². The van der Waals surface area contributed by atoms with Gasteiger partial charge in [0, 0.05) is 42.6 Å². The maximum atomic E-state index is 13.9. The number of benzene rings is 2. The number of aromatic nitrogens is 1. The molecule has 0 bridgehead atoms. The van der Waals surface area contributed by atoms with Crippen LogP contribution in [-0.4, -0.2) is 35.8 Å². The van der Waals surface area contributed by atoms with Crippen LogP contribution in [0.2, 0.25) is 0 Å². The summed E-state index contributed by atoms with van der Waals surface area (Å²) in [6.07, 6.45) is -0.162. The van der Waals surface area contributed by atoms with E-state index >= 15 is 0 Å². The Hall–Kier alpha value is -3.55. The molecule has 3 N–H and O–H groups in total. The second kappa shape index (κ2) is 8.29. The minimum Gasteiger partial charge on any atom is -0.366 e. The number of para-hydroxylation sites is 1. The number of fused-ring (bicyclic) bond motifs is 1. The first-order valence-corrected chi connectivity index (χ1v) is 10.1. The van der Waals surface area contributed by atoms with E-state index in [1.807, 2.05) is 24.3 Å². The molecule has 0 saturated carbocycles. The zero-order valence-electron chi connectivity index (χ0n) is 16.8. The van der Waals surface area contributed by atoms with Crippen LogP contribution >= 0.6 is 0 Å². The highest BCUT2D eigenvalue weighted by Crippen LogP contribution is 2.32. The molecule has 2 amide bonds. The summed E-state index contributed by atoms with van der Waals surface area (Å²) in [6, 6.07) is 15.4. The first-order valence-electron chi connectivity index (χ1n) is 10.1. The van der Waals surface area contributed by atoms with Gasteiger partial charge in [0.15, 0.2) is 0 Å². The van der Waals surface area contributed by atoms with Crippen molar-refractivity contribution in [2.24, 2.45) is 5.73 Å². The van der Waals surface area contributed by atoms with E-state index in [2.05, 4.69) is 10.3 Å². The van der Waals surface area contributed by atoms with Crippen molar-refractivity contribution in [2.45, 2.75) is 25.2 Å². The number of nitrogens with zero attached hydrogens (tertiary/aromatic N) is 2. The van der Waals surface area contributed by atoms with Crippen molar-refractivity contribution in [1.82, 2.24) is 4.98 Å². The molecule has 2 aromatic carbocycles. The summed E-state index contributed by atoms with van der Waals surface area (Å²) >= 11 is 0. The minimum absolute atomic E-state index is 0.107. The van der Waals surface area contributed by atoms with Gasteiger partial charge in [0.05, 0.1) is 11.1 Å². The lowest BCUT2D eigenvalue weighted by Gasteiger charge is -2.24. The van der Waals surface area contributed by atoms with Crippen LogP contribution in [-0.2, 0) is 0 Å². The molecule has 0 atom stereocenters. The number of pyridine rings is 1. The monoisotopic (exact) mass is 424 g/mol. The van der Waals surface area contributed by atoms with Gasteiger partial charge in [-0.15, -0.1) is 0 Å². The van der Waals surface area contributed by atoms with E-state index in [1.165, 1.54) is 6.07 Å². The van der Waals surface area contributed by atoms with Crippen molar-refractivity contribution in [2.75, 3.05) is 23.3 Å². The standard InChI is InChI=1S/C23H22F2N4O2/c24-23(25)9-4-11-29(12-10-23)21-18(14-15-5-1-2-8-19(15)28-21)22(31)27-17-7-3-6-16(13-17)20(26)30/h1-3,5-8,13-14H,4,9-12H2,(H2,26,30)(H,27,31).